The van der Waals surface area contributed by atoms with E-state index in [1.807, 2.05) is 0 Å². The second kappa shape index (κ2) is 8.67. The van der Waals surface area contributed by atoms with Gasteiger partial charge in [-0.25, -0.2) is 0 Å². The summed E-state index contributed by atoms with van der Waals surface area (Å²) in [5, 5.41) is 15.2. The minimum Gasteiger partial charge on any atom is -0.406 e. The number of halogens is 3. The van der Waals surface area contributed by atoms with Crippen molar-refractivity contribution in [2.24, 2.45) is 17.8 Å². The molecule has 3 N–H and O–H groups in total. The number of amides is 1. The van der Waals surface area contributed by atoms with Crippen molar-refractivity contribution in [1.29, 1.82) is 0 Å². The highest BCUT2D eigenvalue weighted by Crippen LogP contribution is 2.51. The van der Waals surface area contributed by atoms with Crippen LogP contribution in [-0.2, 0) is 11.3 Å². The maximum absolute atomic E-state index is 12.3. The average molecular weight is 401 g/mol. The van der Waals surface area contributed by atoms with E-state index < -0.39 is 12.5 Å². The van der Waals surface area contributed by atoms with Crippen molar-refractivity contribution in [3.8, 4) is 5.75 Å². The number of rotatable bonds is 9. The zero-order chi connectivity index (χ0) is 20.3. The average Bonchev–Trinajstić information content (AvgIpc) is 3.04. The highest BCUT2D eigenvalue weighted by atomic mass is 19.4. The Kier molecular flexibility index (Phi) is 6.47. The molecule has 6 nitrogen and oxygen atoms in total. The van der Waals surface area contributed by atoms with Crippen LogP contribution in [0, 0.1) is 17.8 Å². The summed E-state index contributed by atoms with van der Waals surface area (Å²) in [6.45, 7) is 5.30. The van der Waals surface area contributed by atoms with Crippen LogP contribution in [0.3, 0.4) is 0 Å². The number of carbonyl (C=O) groups is 1. The molecular weight excluding hydrogens is 375 g/mol. The normalized spacial score (nSPS) is 25.2. The van der Waals surface area contributed by atoms with E-state index in [1.54, 1.807) is 19.1 Å². The largest absolute Gasteiger partial charge is 0.573 e. The summed E-state index contributed by atoms with van der Waals surface area (Å²) < 4.78 is 40.8. The second-order valence-corrected chi connectivity index (χ2v) is 7.66. The Labute approximate surface area is 162 Å². The van der Waals surface area contributed by atoms with E-state index in [0.29, 0.717) is 30.8 Å². The Morgan fingerprint density at radius 3 is 2.71 bits per heavy atom. The SMILES string of the molecule is CC(O)CNC(=O)CN1CC2C(CNCc3cccc(OC(F)(F)F)c3)C2C1. The molecule has 2 aliphatic rings. The zero-order valence-corrected chi connectivity index (χ0v) is 15.7. The Morgan fingerprint density at radius 1 is 1.36 bits per heavy atom. The predicted octanol–water partition coefficient (Wildman–Crippen LogP) is 1.35. The number of nitrogens with one attached hydrogen (secondary N) is 2. The summed E-state index contributed by atoms with van der Waals surface area (Å²) in [6.07, 6.45) is -5.23. The third-order valence-corrected chi connectivity index (χ3v) is 5.25. The molecule has 0 bridgehead atoms. The van der Waals surface area contributed by atoms with Gasteiger partial charge in [0.15, 0.2) is 0 Å². The molecule has 1 aromatic carbocycles. The lowest BCUT2D eigenvalue weighted by Crippen LogP contribution is -2.40. The molecule has 3 atom stereocenters. The number of fused-ring (bicyclic) bond motifs is 1. The third kappa shape index (κ3) is 6.08. The van der Waals surface area contributed by atoms with E-state index in [-0.39, 0.29) is 18.2 Å². The van der Waals surface area contributed by atoms with Gasteiger partial charge in [-0.15, -0.1) is 13.2 Å². The Morgan fingerprint density at radius 2 is 2.07 bits per heavy atom. The van der Waals surface area contributed by atoms with Gasteiger partial charge in [-0.2, -0.15) is 0 Å². The minimum absolute atomic E-state index is 0.0715. The van der Waals surface area contributed by atoms with Gasteiger partial charge >= 0.3 is 6.36 Å². The van der Waals surface area contributed by atoms with Gasteiger partial charge in [0, 0.05) is 26.2 Å². The number of likely N-dealkylation sites (tertiary alicyclic amines) is 1. The molecule has 1 saturated carbocycles. The molecule has 0 aromatic heterocycles. The summed E-state index contributed by atoms with van der Waals surface area (Å²) in [6, 6.07) is 5.98. The number of alkyl halides is 3. The molecule has 9 heteroatoms. The van der Waals surface area contributed by atoms with Crippen molar-refractivity contribution in [3.63, 3.8) is 0 Å². The highest BCUT2D eigenvalue weighted by Gasteiger charge is 2.54. The monoisotopic (exact) mass is 401 g/mol. The van der Waals surface area contributed by atoms with Gasteiger partial charge in [-0.05, 0) is 48.9 Å². The van der Waals surface area contributed by atoms with Gasteiger partial charge in [0.05, 0.1) is 12.6 Å². The molecule has 1 heterocycles. The molecule has 1 saturated heterocycles. The molecule has 0 radical (unpaired) electrons. The fourth-order valence-electron chi connectivity index (χ4n) is 3.92. The number of hydrogen-bond acceptors (Lipinski definition) is 5. The lowest BCUT2D eigenvalue weighted by Gasteiger charge is -2.19. The number of ether oxygens (including phenoxy) is 1. The van der Waals surface area contributed by atoms with Crippen molar-refractivity contribution in [3.05, 3.63) is 29.8 Å². The molecule has 156 valence electrons. The standard InChI is InChI=1S/C19H26F3N3O3/c1-12(26)6-24-18(27)11-25-9-16-15(17(16)10-25)8-23-7-13-3-2-4-14(5-13)28-19(20,21)22/h2-5,12,15-17,23,26H,6-11H2,1H3,(H,24,27). The lowest BCUT2D eigenvalue weighted by molar-refractivity contribution is -0.274. The van der Waals surface area contributed by atoms with E-state index >= 15 is 0 Å². The molecule has 1 aliphatic carbocycles. The molecule has 1 aromatic rings. The number of nitrogens with zero attached hydrogens (tertiary/aromatic N) is 1. The van der Waals surface area contributed by atoms with Crippen molar-refractivity contribution in [1.82, 2.24) is 15.5 Å². The van der Waals surface area contributed by atoms with Crippen LogP contribution in [0.25, 0.3) is 0 Å². The maximum atomic E-state index is 12.3. The van der Waals surface area contributed by atoms with E-state index in [4.69, 9.17) is 0 Å². The molecule has 28 heavy (non-hydrogen) atoms. The highest BCUT2D eigenvalue weighted by molar-refractivity contribution is 5.78. The summed E-state index contributed by atoms with van der Waals surface area (Å²) >= 11 is 0. The molecule has 1 aliphatic heterocycles. The molecular formula is C19H26F3N3O3. The summed E-state index contributed by atoms with van der Waals surface area (Å²) in [5.74, 6) is 1.40. The van der Waals surface area contributed by atoms with Crippen LogP contribution in [0.4, 0.5) is 13.2 Å². The van der Waals surface area contributed by atoms with E-state index in [1.165, 1.54) is 12.1 Å². The second-order valence-electron chi connectivity index (χ2n) is 7.66. The third-order valence-electron chi connectivity index (χ3n) is 5.25. The Bertz CT molecular complexity index is 672. The van der Waals surface area contributed by atoms with Gasteiger partial charge in [-0.1, -0.05) is 12.1 Å². The van der Waals surface area contributed by atoms with Gasteiger partial charge in [0.2, 0.25) is 5.91 Å². The first-order chi connectivity index (χ1) is 13.2. The quantitative estimate of drug-likeness (QED) is 0.583. The summed E-state index contributed by atoms with van der Waals surface area (Å²) in [7, 11) is 0. The van der Waals surface area contributed by atoms with E-state index in [0.717, 1.165) is 25.2 Å². The van der Waals surface area contributed by atoms with Crippen LogP contribution in [0.1, 0.15) is 12.5 Å². The first-order valence-corrected chi connectivity index (χ1v) is 9.44. The number of carbonyl (C=O) groups excluding carboxylic acids is 1. The van der Waals surface area contributed by atoms with Crippen molar-refractivity contribution < 1.29 is 27.8 Å². The first-order valence-electron chi connectivity index (χ1n) is 9.44. The molecule has 1 amide bonds. The summed E-state index contributed by atoms with van der Waals surface area (Å²) in [4.78, 5) is 13.9. The topological polar surface area (TPSA) is 73.8 Å². The van der Waals surface area contributed by atoms with Crippen molar-refractivity contribution >= 4 is 5.91 Å². The van der Waals surface area contributed by atoms with Gasteiger partial charge < -0.3 is 20.5 Å². The van der Waals surface area contributed by atoms with E-state index in [9.17, 15) is 23.1 Å². The lowest BCUT2D eigenvalue weighted by atomic mass is 10.2. The van der Waals surface area contributed by atoms with Crippen molar-refractivity contribution in [2.45, 2.75) is 25.9 Å². The van der Waals surface area contributed by atoms with Gasteiger partial charge in [0.25, 0.3) is 0 Å². The number of hydrogen-bond donors (Lipinski definition) is 3. The predicted molar refractivity (Wildman–Crippen MR) is 96.4 cm³/mol. The molecule has 0 spiro atoms. The van der Waals surface area contributed by atoms with E-state index in [2.05, 4.69) is 20.3 Å². The van der Waals surface area contributed by atoms with Crippen LogP contribution in [0.2, 0.25) is 0 Å². The van der Waals surface area contributed by atoms with Crippen molar-refractivity contribution in [2.75, 3.05) is 32.7 Å². The maximum Gasteiger partial charge on any atom is 0.573 e. The van der Waals surface area contributed by atoms with Crippen LogP contribution >= 0.6 is 0 Å². The van der Waals surface area contributed by atoms with Crippen LogP contribution < -0.4 is 15.4 Å². The first kappa shape index (κ1) is 20.9. The Hall–Kier alpha value is -1.84. The number of aliphatic hydroxyl groups is 1. The number of benzene rings is 1. The van der Waals surface area contributed by atoms with Crippen LogP contribution in [0.5, 0.6) is 5.75 Å². The fraction of sp³-hybridized carbons (Fsp3) is 0.632. The molecule has 3 rings (SSSR count). The van der Waals surface area contributed by atoms with Crippen LogP contribution in [0.15, 0.2) is 24.3 Å². The minimum atomic E-state index is -4.68. The van der Waals surface area contributed by atoms with Gasteiger partial charge in [0.1, 0.15) is 5.75 Å². The number of piperidine rings is 1. The number of aliphatic hydroxyl groups excluding tert-OH is 1. The van der Waals surface area contributed by atoms with Crippen LogP contribution in [-0.4, -0.2) is 61.1 Å². The molecule has 2 fully saturated rings. The molecule has 3 unspecified atom stereocenters. The van der Waals surface area contributed by atoms with Gasteiger partial charge in [-0.3, -0.25) is 9.69 Å². The fourth-order valence-corrected chi connectivity index (χ4v) is 3.92. The Balaban J connectivity index is 1.33. The summed E-state index contributed by atoms with van der Waals surface area (Å²) in [5.41, 5.74) is 0.740. The smallest absolute Gasteiger partial charge is 0.406 e. The zero-order valence-electron chi connectivity index (χ0n) is 15.7.